The minimum absolute atomic E-state index is 0.0402. The molecular formula is C22H29N3O4. The van der Waals surface area contributed by atoms with E-state index in [0.29, 0.717) is 18.1 Å². The molecule has 1 aliphatic heterocycles. The van der Waals surface area contributed by atoms with Gasteiger partial charge in [0.15, 0.2) is 11.5 Å². The molecule has 7 heteroatoms. The van der Waals surface area contributed by atoms with Crippen LogP contribution < -0.4 is 9.47 Å². The molecule has 7 nitrogen and oxygen atoms in total. The molecule has 1 amide bonds. The average Bonchev–Trinajstić information content (AvgIpc) is 3.08. The molecular weight excluding hydrogens is 370 g/mol. The van der Waals surface area contributed by atoms with E-state index in [1.54, 1.807) is 13.2 Å². The molecule has 0 spiro atoms. The smallest absolute Gasteiger partial charge is 0.246 e. The van der Waals surface area contributed by atoms with E-state index in [1.165, 1.54) is 0 Å². The summed E-state index contributed by atoms with van der Waals surface area (Å²) in [6.45, 7) is 10.7. The summed E-state index contributed by atoms with van der Waals surface area (Å²) in [7, 11) is 1.60. The van der Waals surface area contributed by atoms with Crippen LogP contribution in [-0.4, -0.2) is 60.7 Å². The van der Waals surface area contributed by atoms with Crippen molar-refractivity contribution in [2.24, 2.45) is 0 Å². The van der Waals surface area contributed by atoms with Crippen LogP contribution in [0.5, 0.6) is 11.5 Å². The highest BCUT2D eigenvalue weighted by Crippen LogP contribution is 2.30. The fraction of sp³-hybridized carbons (Fsp3) is 0.455. The maximum Gasteiger partial charge on any atom is 0.246 e. The average molecular weight is 399 g/mol. The molecule has 29 heavy (non-hydrogen) atoms. The number of likely N-dealkylation sites (N-methyl/N-ethyl adjacent to an activating group) is 1. The van der Waals surface area contributed by atoms with Crippen LogP contribution in [0.1, 0.15) is 29.5 Å². The van der Waals surface area contributed by atoms with Gasteiger partial charge in [0.2, 0.25) is 5.91 Å². The Kier molecular flexibility index (Phi) is 6.93. The molecule has 1 aromatic carbocycles. The number of carbonyl (C=O) groups excluding carboxylic acids is 1. The topological polar surface area (TPSA) is 68.0 Å². The molecule has 0 radical (unpaired) electrons. The number of aromatic nitrogens is 1. The number of hydrogen-bond donors (Lipinski definition) is 0. The van der Waals surface area contributed by atoms with Gasteiger partial charge in [0, 0.05) is 32.3 Å². The zero-order valence-electron chi connectivity index (χ0n) is 17.6. The Morgan fingerprint density at radius 1 is 1.21 bits per heavy atom. The second-order valence-corrected chi connectivity index (χ2v) is 7.09. The number of rotatable bonds is 7. The Labute approximate surface area is 171 Å². The van der Waals surface area contributed by atoms with Crippen LogP contribution in [0.3, 0.4) is 0 Å². The van der Waals surface area contributed by atoms with Gasteiger partial charge in [-0.25, -0.2) is 0 Å². The van der Waals surface area contributed by atoms with Crippen molar-refractivity contribution < 1.29 is 18.8 Å². The van der Waals surface area contributed by atoms with Gasteiger partial charge < -0.3 is 23.8 Å². The van der Waals surface area contributed by atoms with Crippen molar-refractivity contribution in [1.82, 2.24) is 15.0 Å². The van der Waals surface area contributed by atoms with E-state index in [2.05, 4.69) is 17.0 Å². The third kappa shape index (κ3) is 5.17. The van der Waals surface area contributed by atoms with Gasteiger partial charge >= 0.3 is 0 Å². The summed E-state index contributed by atoms with van der Waals surface area (Å²) in [6, 6.07) is 5.62. The van der Waals surface area contributed by atoms with E-state index in [1.807, 2.05) is 43.0 Å². The number of benzene rings is 1. The SMILES string of the molecule is CCN1CCN(C(=O)C=Cc2ccc(OCc3c(C)noc3C)c(OC)c2)CC1. The quantitative estimate of drug-likeness (QED) is 0.667. The molecule has 2 heterocycles. The number of ether oxygens (including phenoxy) is 2. The summed E-state index contributed by atoms with van der Waals surface area (Å²) in [5.41, 5.74) is 2.64. The Morgan fingerprint density at radius 2 is 1.97 bits per heavy atom. The molecule has 1 fully saturated rings. The van der Waals surface area contributed by atoms with Crippen molar-refractivity contribution in [2.75, 3.05) is 39.8 Å². The summed E-state index contributed by atoms with van der Waals surface area (Å²) < 4.78 is 16.5. The lowest BCUT2D eigenvalue weighted by Crippen LogP contribution is -2.48. The van der Waals surface area contributed by atoms with E-state index < -0.39 is 0 Å². The van der Waals surface area contributed by atoms with E-state index in [4.69, 9.17) is 14.0 Å². The molecule has 0 aliphatic carbocycles. The molecule has 0 saturated carbocycles. The van der Waals surface area contributed by atoms with E-state index in [0.717, 1.165) is 55.3 Å². The number of hydrogen-bond acceptors (Lipinski definition) is 6. The summed E-state index contributed by atoms with van der Waals surface area (Å²) >= 11 is 0. The van der Waals surface area contributed by atoms with Gasteiger partial charge in [0.05, 0.1) is 18.4 Å². The standard InChI is InChI=1S/C22H29N3O4/c1-5-24-10-12-25(13-11-24)22(26)9-7-18-6-8-20(21(14-18)27-4)28-15-19-16(2)23-29-17(19)3/h6-9,14H,5,10-13,15H2,1-4H3. The molecule has 0 atom stereocenters. The third-order valence-electron chi connectivity index (χ3n) is 5.29. The van der Waals surface area contributed by atoms with E-state index in [-0.39, 0.29) is 5.91 Å². The monoisotopic (exact) mass is 399 g/mol. The molecule has 1 saturated heterocycles. The van der Waals surface area contributed by atoms with Crippen LogP contribution in [0.2, 0.25) is 0 Å². The Balaban J connectivity index is 1.62. The predicted molar refractivity (Wildman–Crippen MR) is 111 cm³/mol. The van der Waals surface area contributed by atoms with Gasteiger partial charge in [-0.3, -0.25) is 4.79 Å². The molecule has 156 valence electrons. The molecule has 3 rings (SSSR count). The number of methoxy groups -OCH3 is 1. The van der Waals surface area contributed by atoms with Crippen molar-refractivity contribution in [1.29, 1.82) is 0 Å². The number of carbonyl (C=O) groups is 1. The molecule has 0 unspecified atom stereocenters. The first-order valence-corrected chi connectivity index (χ1v) is 9.93. The molecule has 2 aromatic rings. The summed E-state index contributed by atoms with van der Waals surface area (Å²) in [5, 5.41) is 3.94. The maximum absolute atomic E-state index is 12.4. The molecule has 0 bridgehead atoms. The van der Waals surface area contributed by atoms with Crippen molar-refractivity contribution in [2.45, 2.75) is 27.4 Å². The minimum atomic E-state index is 0.0402. The number of amides is 1. The van der Waals surface area contributed by atoms with Crippen molar-refractivity contribution in [3.63, 3.8) is 0 Å². The van der Waals surface area contributed by atoms with Crippen molar-refractivity contribution in [3.8, 4) is 11.5 Å². The first kappa shape index (κ1) is 20.9. The van der Waals surface area contributed by atoms with E-state index in [9.17, 15) is 4.79 Å². The van der Waals surface area contributed by atoms with E-state index >= 15 is 0 Å². The van der Waals surface area contributed by atoms with Crippen LogP contribution >= 0.6 is 0 Å². The number of piperazine rings is 1. The molecule has 1 aliphatic rings. The maximum atomic E-state index is 12.4. The van der Waals surface area contributed by atoms with Crippen LogP contribution in [0.15, 0.2) is 28.8 Å². The van der Waals surface area contributed by atoms with Gasteiger partial charge in [-0.2, -0.15) is 0 Å². The Bertz CT molecular complexity index is 847. The summed E-state index contributed by atoms with van der Waals surface area (Å²) in [6.07, 6.45) is 3.44. The highest BCUT2D eigenvalue weighted by molar-refractivity contribution is 5.92. The Hall–Kier alpha value is -2.80. The largest absolute Gasteiger partial charge is 0.493 e. The van der Waals surface area contributed by atoms with Gasteiger partial charge in [-0.15, -0.1) is 0 Å². The van der Waals surface area contributed by atoms with Crippen LogP contribution in [0.25, 0.3) is 6.08 Å². The van der Waals surface area contributed by atoms with Crippen LogP contribution in [0.4, 0.5) is 0 Å². The van der Waals surface area contributed by atoms with Gasteiger partial charge in [-0.05, 0) is 44.2 Å². The summed E-state index contributed by atoms with van der Waals surface area (Å²) in [4.78, 5) is 16.7. The number of nitrogens with zero attached hydrogens (tertiary/aromatic N) is 3. The zero-order chi connectivity index (χ0) is 20.8. The number of aryl methyl sites for hydroxylation is 2. The fourth-order valence-electron chi connectivity index (χ4n) is 3.32. The fourth-order valence-corrected chi connectivity index (χ4v) is 3.32. The van der Waals surface area contributed by atoms with Crippen molar-refractivity contribution in [3.05, 3.63) is 46.9 Å². The predicted octanol–water partition coefficient (Wildman–Crippen LogP) is 3.06. The first-order chi connectivity index (χ1) is 14.0. The first-order valence-electron chi connectivity index (χ1n) is 9.93. The summed E-state index contributed by atoms with van der Waals surface area (Å²) in [5.74, 6) is 2.03. The lowest BCUT2D eigenvalue weighted by atomic mass is 10.1. The van der Waals surface area contributed by atoms with Crippen LogP contribution in [-0.2, 0) is 11.4 Å². The molecule has 1 aromatic heterocycles. The Morgan fingerprint density at radius 3 is 2.59 bits per heavy atom. The van der Waals surface area contributed by atoms with Crippen LogP contribution in [0, 0.1) is 13.8 Å². The zero-order valence-corrected chi connectivity index (χ0v) is 17.6. The third-order valence-corrected chi connectivity index (χ3v) is 5.29. The second kappa shape index (κ2) is 9.60. The second-order valence-electron chi connectivity index (χ2n) is 7.09. The highest BCUT2D eigenvalue weighted by Gasteiger charge is 2.18. The molecule has 0 N–H and O–H groups in total. The lowest BCUT2D eigenvalue weighted by Gasteiger charge is -2.33. The van der Waals surface area contributed by atoms with Gasteiger partial charge in [0.25, 0.3) is 0 Å². The lowest BCUT2D eigenvalue weighted by molar-refractivity contribution is -0.127. The normalized spacial score (nSPS) is 15.1. The van der Waals surface area contributed by atoms with Gasteiger partial charge in [-0.1, -0.05) is 18.1 Å². The van der Waals surface area contributed by atoms with Crippen molar-refractivity contribution >= 4 is 12.0 Å². The minimum Gasteiger partial charge on any atom is -0.493 e. The van der Waals surface area contributed by atoms with Gasteiger partial charge in [0.1, 0.15) is 12.4 Å². The highest BCUT2D eigenvalue weighted by atomic mass is 16.5.